The number of benzene rings is 2. The van der Waals surface area contributed by atoms with Crippen LogP contribution in [0.25, 0.3) is 11.4 Å². The minimum atomic E-state index is -0.593. The number of amides is 1. The van der Waals surface area contributed by atoms with Crippen molar-refractivity contribution in [2.24, 2.45) is 0 Å². The van der Waals surface area contributed by atoms with E-state index in [4.69, 9.17) is 9.26 Å². The molecule has 6 nitrogen and oxygen atoms in total. The monoisotopic (exact) mass is 391 g/mol. The van der Waals surface area contributed by atoms with E-state index in [0.29, 0.717) is 11.7 Å². The Labute approximate surface area is 170 Å². The molecule has 0 aliphatic heterocycles. The van der Waals surface area contributed by atoms with Crippen LogP contribution >= 0.6 is 0 Å². The van der Waals surface area contributed by atoms with Crippen LogP contribution in [-0.4, -0.2) is 34.1 Å². The van der Waals surface area contributed by atoms with E-state index in [2.05, 4.69) is 16.2 Å². The Morgan fingerprint density at radius 3 is 2.76 bits per heavy atom. The Kier molecular flexibility index (Phi) is 5.60. The van der Waals surface area contributed by atoms with Crippen LogP contribution in [0.15, 0.2) is 53.1 Å². The topological polar surface area (TPSA) is 68.5 Å². The summed E-state index contributed by atoms with van der Waals surface area (Å²) in [4.78, 5) is 18.8. The lowest BCUT2D eigenvalue weighted by Gasteiger charge is -2.24. The van der Waals surface area contributed by atoms with Crippen LogP contribution in [0.5, 0.6) is 5.75 Å². The molecule has 2 aromatic carbocycles. The summed E-state index contributed by atoms with van der Waals surface area (Å²) >= 11 is 0. The van der Waals surface area contributed by atoms with Crippen molar-refractivity contribution in [1.82, 2.24) is 15.0 Å². The summed E-state index contributed by atoms with van der Waals surface area (Å²) in [6.07, 6.45) is 3.87. The highest BCUT2D eigenvalue weighted by molar-refractivity contribution is 5.80. The van der Waals surface area contributed by atoms with Crippen molar-refractivity contribution in [1.29, 1.82) is 0 Å². The molecule has 0 bridgehead atoms. The molecule has 0 radical (unpaired) electrons. The fraction of sp³-hybridized carbons (Fsp3) is 0.348. The second-order valence-electron chi connectivity index (χ2n) is 7.43. The molecule has 4 rings (SSSR count). The summed E-state index contributed by atoms with van der Waals surface area (Å²) in [5.74, 6) is 1.60. The van der Waals surface area contributed by atoms with Crippen LogP contribution in [-0.2, 0) is 24.2 Å². The first kappa shape index (κ1) is 19.2. The van der Waals surface area contributed by atoms with Crippen LogP contribution < -0.4 is 4.74 Å². The van der Waals surface area contributed by atoms with Crippen molar-refractivity contribution in [2.45, 2.75) is 45.3 Å². The number of aryl methyl sites for hydroxylation is 1. The summed E-state index contributed by atoms with van der Waals surface area (Å²) in [6, 6.07) is 15.7. The molecule has 1 amide bonds. The molecule has 6 heteroatoms. The van der Waals surface area contributed by atoms with Crippen molar-refractivity contribution < 1.29 is 14.1 Å². The average molecular weight is 391 g/mol. The number of fused-ring (bicyclic) bond motifs is 1. The van der Waals surface area contributed by atoms with Crippen LogP contribution in [0.1, 0.15) is 36.8 Å². The zero-order valence-corrected chi connectivity index (χ0v) is 16.8. The first-order valence-electron chi connectivity index (χ1n) is 10.0. The Hall–Kier alpha value is -3.15. The lowest BCUT2D eigenvalue weighted by molar-refractivity contribution is -0.137. The van der Waals surface area contributed by atoms with Gasteiger partial charge in [-0.1, -0.05) is 47.6 Å². The molecule has 150 valence electrons. The number of ether oxygens (including phenoxy) is 1. The van der Waals surface area contributed by atoms with Crippen LogP contribution in [0, 0.1) is 0 Å². The number of carbonyl (C=O) groups excluding carboxylic acids is 1. The summed E-state index contributed by atoms with van der Waals surface area (Å²) in [5.41, 5.74) is 3.45. The van der Waals surface area contributed by atoms with Crippen molar-refractivity contribution in [3.05, 3.63) is 65.5 Å². The van der Waals surface area contributed by atoms with Gasteiger partial charge in [0.05, 0.1) is 6.54 Å². The molecule has 0 saturated carbocycles. The molecule has 0 spiro atoms. The quantitative estimate of drug-likeness (QED) is 0.634. The van der Waals surface area contributed by atoms with Gasteiger partial charge in [0.2, 0.25) is 11.7 Å². The van der Waals surface area contributed by atoms with E-state index in [1.807, 2.05) is 42.5 Å². The predicted molar refractivity (Wildman–Crippen MR) is 109 cm³/mol. The van der Waals surface area contributed by atoms with Gasteiger partial charge in [-0.2, -0.15) is 4.98 Å². The van der Waals surface area contributed by atoms with Gasteiger partial charge in [0, 0.05) is 12.6 Å². The van der Waals surface area contributed by atoms with Crippen molar-refractivity contribution >= 4 is 5.91 Å². The maximum atomic E-state index is 12.8. The highest BCUT2D eigenvalue weighted by atomic mass is 16.5. The second-order valence-corrected chi connectivity index (χ2v) is 7.43. The van der Waals surface area contributed by atoms with Crippen molar-refractivity contribution in [3.63, 3.8) is 0 Å². The van der Waals surface area contributed by atoms with E-state index in [9.17, 15) is 4.79 Å². The van der Waals surface area contributed by atoms with E-state index in [-0.39, 0.29) is 12.5 Å². The maximum Gasteiger partial charge on any atom is 0.263 e. The molecule has 0 unspecified atom stereocenters. The molecular formula is C23H25N3O3. The average Bonchev–Trinajstić information content (AvgIpc) is 3.22. The number of hydrogen-bond donors (Lipinski definition) is 0. The number of hydrogen-bond acceptors (Lipinski definition) is 5. The van der Waals surface area contributed by atoms with E-state index in [0.717, 1.165) is 30.6 Å². The van der Waals surface area contributed by atoms with Crippen molar-refractivity contribution in [3.8, 4) is 17.1 Å². The van der Waals surface area contributed by atoms with Crippen LogP contribution in [0.3, 0.4) is 0 Å². The zero-order valence-electron chi connectivity index (χ0n) is 16.8. The second kappa shape index (κ2) is 8.47. The van der Waals surface area contributed by atoms with Gasteiger partial charge in [-0.3, -0.25) is 4.79 Å². The molecule has 3 aromatic rings. The summed E-state index contributed by atoms with van der Waals surface area (Å²) in [5, 5.41) is 4.00. The number of nitrogens with zero attached hydrogens (tertiary/aromatic N) is 3. The van der Waals surface area contributed by atoms with Gasteiger partial charge in [-0.15, -0.1) is 0 Å². The van der Waals surface area contributed by atoms with Gasteiger partial charge < -0.3 is 14.2 Å². The Bertz CT molecular complexity index is 984. The molecule has 1 aromatic heterocycles. The SMILES string of the molecule is C[C@@H](Oc1cccc2c1CCCC2)C(=O)N(C)Cc1nc(-c2ccccc2)no1. The smallest absolute Gasteiger partial charge is 0.263 e. The molecular weight excluding hydrogens is 366 g/mol. The van der Waals surface area contributed by atoms with Gasteiger partial charge in [0.1, 0.15) is 5.75 Å². The third-order valence-electron chi connectivity index (χ3n) is 5.25. The summed E-state index contributed by atoms with van der Waals surface area (Å²) in [6.45, 7) is 2.02. The lowest BCUT2D eigenvalue weighted by Crippen LogP contribution is -2.37. The lowest BCUT2D eigenvalue weighted by atomic mass is 9.91. The van der Waals surface area contributed by atoms with E-state index in [1.54, 1.807) is 18.9 Å². The number of aromatic nitrogens is 2. The number of rotatable bonds is 6. The molecule has 1 aliphatic rings. The maximum absolute atomic E-state index is 12.8. The third-order valence-corrected chi connectivity index (χ3v) is 5.25. The molecule has 1 heterocycles. The summed E-state index contributed by atoms with van der Waals surface area (Å²) < 4.78 is 11.4. The van der Waals surface area contributed by atoms with Gasteiger partial charge in [0.25, 0.3) is 5.91 Å². The number of likely N-dealkylation sites (N-methyl/N-ethyl adjacent to an activating group) is 1. The molecule has 29 heavy (non-hydrogen) atoms. The number of carbonyl (C=O) groups is 1. The van der Waals surface area contributed by atoms with Crippen LogP contribution in [0.4, 0.5) is 0 Å². The minimum Gasteiger partial charge on any atom is -0.481 e. The largest absolute Gasteiger partial charge is 0.481 e. The van der Waals surface area contributed by atoms with Gasteiger partial charge >= 0.3 is 0 Å². The minimum absolute atomic E-state index is 0.127. The molecule has 1 aliphatic carbocycles. The third kappa shape index (κ3) is 4.31. The van der Waals surface area contributed by atoms with E-state index in [1.165, 1.54) is 17.5 Å². The Morgan fingerprint density at radius 1 is 1.14 bits per heavy atom. The summed E-state index contributed by atoms with van der Waals surface area (Å²) in [7, 11) is 1.72. The molecule has 1 atom stereocenters. The standard InChI is InChI=1S/C23H25N3O3/c1-16(28-20-14-8-12-17-9-6-7-13-19(17)20)23(27)26(2)15-21-24-22(25-29-21)18-10-4-3-5-11-18/h3-5,8,10-12,14,16H,6-7,9,13,15H2,1-2H3/t16-/m1/s1. The van der Waals surface area contributed by atoms with Crippen molar-refractivity contribution in [2.75, 3.05) is 7.05 Å². The fourth-order valence-electron chi connectivity index (χ4n) is 3.71. The first-order valence-corrected chi connectivity index (χ1v) is 10.0. The normalized spacial score (nSPS) is 14.1. The van der Waals surface area contributed by atoms with Crippen LogP contribution in [0.2, 0.25) is 0 Å². The molecule has 0 N–H and O–H groups in total. The van der Waals surface area contributed by atoms with E-state index >= 15 is 0 Å². The van der Waals surface area contributed by atoms with Gasteiger partial charge in [0.15, 0.2) is 6.10 Å². The molecule has 0 saturated heterocycles. The van der Waals surface area contributed by atoms with Gasteiger partial charge in [-0.05, 0) is 49.8 Å². The Balaban J connectivity index is 1.40. The molecule has 0 fully saturated rings. The van der Waals surface area contributed by atoms with Gasteiger partial charge in [-0.25, -0.2) is 0 Å². The first-order chi connectivity index (χ1) is 14.1. The van der Waals surface area contributed by atoms with E-state index < -0.39 is 6.10 Å². The predicted octanol–water partition coefficient (Wildman–Crippen LogP) is 4.04. The fourth-order valence-corrected chi connectivity index (χ4v) is 3.71. The highest BCUT2D eigenvalue weighted by Gasteiger charge is 2.23. The Morgan fingerprint density at radius 2 is 1.93 bits per heavy atom. The zero-order chi connectivity index (χ0) is 20.2. The highest BCUT2D eigenvalue weighted by Crippen LogP contribution is 2.30.